The van der Waals surface area contributed by atoms with Gasteiger partial charge in [-0.1, -0.05) is 0 Å². The Morgan fingerprint density at radius 1 is 1.64 bits per heavy atom. The van der Waals surface area contributed by atoms with Crippen LogP contribution in [0.1, 0.15) is 15.9 Å². The number of rotatable bonds is 2. The summed E-state index contributed by atoms with van der Waals surface area (Å²) in [5.41, 5.74) is 0.432. The molecular weight excluding hydrogens is 316 g/mol. The second kappa shape index (κ2) is 4.62. The first-order valence-electron chi connectivity index (χ1n) is 3.57. The van der Waals surface area contributed by atoms with E-state index in [0.717, 1.165) is 3.57 Å². The molecule has 0 N–H and O–H groups in total. The van der Waals surface area contributed by atoms with Crippen molar-refractivity contribution in [3.63, 3.8) is 0 Å². The molecule has 0 aliphatic rings. The molecule has 14 heavy (non-hydrogen) atoms. The Morgan fingerprint density at radius 2 is 2.29 bits per heavy atom. The van der Waals surface area contributed by atoms with E-state index in [0.29, 0.717) is 5.75 Å². The zero-order valence-corrected chi connectivity index (χ0v) is 10.1. The summed E-state index contributed by atoms with van der Waals surface area (Å²) >= 11 is 7.34. The number of benzene rings is 1. The molecule has 0 fully saturated rings. The normalized spacial score (nSPS) is 9.29. The first-order valence-corrected chi connectivity index (χ1v) is 5.03. The summed E-state index contributed by atoms with van der Waals surface area (Å²) in [6.07, 6.45) is 0. The number of nitriles is 1. The van der Waals surface area contributed by atoms with Crippen LogP contribution in [0.3, 0.4) is 0 Å². The number of methoxy groups -OCH3 is 1. The predicted octanol–water partition coefficient (Wildman–Crippen LogP) is 2.55. The fourth-order valence-corrected chi connectivity index (χ4v) is 1.81. The summed E-state index contributed by atoms with van der Waals surface area (Å²) in [7, 11) is 1.49. The number of hydrogen-bond donors (Lipinski definition) is 0. The van der Waals surface area contributed by atoms with E-state index in [2.05, 4.69) is 0 Å². The van der Waals surface area contributed by atoms with Gasteiger partial charge in [0.1, 0.15) is 5.75 Å². The molecule has 0 radical (unpaired) electrons. The smallest absolute Gasteiger partial charge is 0.253 e. The summed E-state index contributed by atoms with van der Waals surface area (Å²) in [4.78, 5) is 11.0. The largest absolute Gasteiger partial charge is 0.496 e. The second-order valence-corrected chi connectivity index (χ2v) is 3.92. The SMILES string of the molecule is COc1cc(C(=O)Cl)c(C#N)cc1I. The van der Waals surface area contributed by atoms with Gasteiger partial charge in [-0.3, -0.25) is 4.79 Å². The average molecular weight is 322 g/mol. The first-order chi connectivity index (χ1) is 6.60. The van der Waals surface area contributed by atoms with Crippen LogP contribution in [0.5, 0.6) is 5.75 Å². The van der Waals surface area contributed by atoms with Gasteiger partial charge >= 0.3 is 0 Å². The van der Waals surface area contributed by atoms with Gasteiger partial charge in [0.25, 0.3) is 5.24 Å². The minimum atomic E-state index is -0.656. The van der Waals surface area contributed by atoms with E-state index < -0.39 is 5.24 Å². The van der Waals surface area contributed by atoms with Gasteiger partial charge in [0, 0.05) is 0 Å². The lowest BCUT2D eigenvalue weighted by Gasteiger charge is -2.05. The molecule has 0 atom stereocenters. The molecule has 0 amide bonds. The molecule has 0 unspecified atom stereocenters. The van der Waals surface area contributed by atoms with Crippen LogP contribution < -0.4 is 4.74 Å². The lowest BCUT2D eigenvalue weighted by molar-refractivity contribution is 0.108. The van der Waals surface area contributed by atoms with Gasteiger partial charge in [-0.25, -0.2) is 0 Å². The molecule has 0 heterocycles. The first kappa shape index (κ1) is 11.3. The van der Waals surface area contributed by atoms with Crippen molar-refractivity contribution in [3.05, 3.63) is 26.8 Å². The summed E-state index contributed by atoms with van der Waals surface area (Å²) < 4.78 is 5.77. The topological polar surface area (TPSA) is 50.1 Å². The van der Waals surface area contributed by atoms with Crippen molar-refractivity contribution >= 4 is 39.4 Å². The molecule has 0 bridgehead atoms. The highest BCUT2D eigenvalue weighted by molar-refractivity contribution is 14.1. The van der Waals surface area contributed by atoms with Crippen LogP contribution in [-0.4, -0.2) is 12.4 Å². The van der Waals surface area contributed by atoms with Gasteiger partial charge < -0.3 is 4.74 Å². The quantitative estimate of drug-likeness (QED) is 0.621. The van der Waals surface area contributed by atoms with Crippen LogP contribution in [0.2, 0.25) is 0 Å². The molecule has 0 aliphatic carbocycles. The lowest BCUT2D eigenvalue weighted by atomic mass is 10.1. The maximum absolute atomic E-state index is 11.0. The van der Waals surface area contributed by atoms with Crippen LogP contribution in [-0.2, 0) is 0 Å². The lowest BCUT2D eigenvalue weighted by Crippen LogP contribution is -1.97. The minimum Gasteiger partial charge on any atom is -0.496 e. The predicted molar refractivity (Wildman–Crippen MR) is 60.6 cm³/mol. The van der Waals surface area contributed by atoms with E-state index in [1.165, 1.54) is 13.2 Å². The highest BCUT2D eigenvalue weighted by atomic mass is 127. The number of hydrogen-bond acceptors (Lipinski definition) is 3. The average Bonchev–Trinajstić information content (AvgIpc) is 2.16. The monoisotopic (exact) mass is 321 g/mol. The Labute approximate surface area is 99.8 Å². The summed E-state index contributed by atoms with van der Waals surface area (Å²) in [5, 5.41) is 8.09. The minimum absolute atomic E-state index is 0.173. The van der Waals surface area contributed by atoms with Gasteiger partial charge in [-0.05, 0) is 46.3 Å². The molecule has 0 spiro atoms. The van der Waals surface area contributed by atoms with Crippen molar-refractivity contribution in [3.8, 4) is 11.8 Å². The van der Waals surface area contributed by atoms with Gasteiger partial charge in [-0.2, -0.15) is 5.26 Å². The van der Waals surface area contributed by atoms with Crippen molar-refractivity contribution in [2.75, 3.05) is 7.11 Å². The number of carbonyl (C=O) groups is 1. The van der Waals surface area contributed by atoms with Crippen LogP contribution in [0.25, 0.3) is 0 Å². The maximum Gasteiger partial charge on any atom is 0.253 e. The summed E-state index contributed by atoms with van der Waals surface area (Å²) in [6.45, 7) is 0. The number of nitrogens with zero attached hydrogens (tertiary/aromatic N) is 1. The third-order valence-corrected chi connectivity index (χ3v) is 2.67. The Balaban J connectivity index is 3.42. The van der Waals surface area contributed by atoms with Gasteiger partial charge in [-0.15, -0.1) is 0 Å². The number of carbonyl (C=O) groups excluding carboxylic acids is 1. The standard InChI is InChI=1S/C9H5ClINO2/c1-14-8-3-6(9(10)13)5(4-12)2-7(8)11/h2-3H,1H3. The Bertz CT molecular complexity index is 426. The third-order valence-electron chi connectivity index (χ3n) is 1.62. The second-order valence-electron chi connectivity index (χ2n) is 2.42. The van der Waals surface area contributed by atoms with Crippen LogP contribution >= 0.6 is 34.2 Å². The van der Waals surface area contributed by atoms with E-state index in [4.69, 9.17) is 21.6 Å². The molecule has 0 saturated heterocycles. The Morgan fingerprint density at radius 3 is 2.71 bits per heavy atom. The van der Waals surface area contributed by atoms with Crippen molar-refractivity contribution in [1.29, 1.82) is 5.26 Å². The van der Waals surface area contributed by atoms with Crippen molar-refractivity contribution in [1.82, 2.24) is 0 Å². The summed E-state index contributed by atoms with van der Waals surface area (Å²) in [6, 6.07) is 4.94. The van der Waals surface area contributed by atoms with Gasteiger partial charge in [0.05, 0.1) is 27.9 Å². The molecule has 5 heteroatoms. The number of halogens is 2. The van der Waals surface area contributed by atoms with Crippen molar-refractivity contribution in [2.24, 2.45) is 0 Å². The zero-order valence-electron chi connectivity index (χ0n) is 7.17. The van der Waals surface area contributed by atoms with E-state index in [1.807, 2.05) is 28.7 Å². The maximum atomic E-state index is 11.0. The Kier molecular flexibility index (Phi) is 3.72. The molecule has 72 valence electrons. The van der Waals surface area contributed by atoms with E-state index >= 15 is 0 Å². The molecule has 0 saturated carbocycles. The molecular formula is C9H5ClINO2. The van der Waals surface area contributed by atoms with Crippen LogP contribution in [0, 0.1) is 14.9 Å². The van der Waals surface area contributed by atoms with E-state index in [9.17, 15) is 4.79 Å². The Hall–Kier alpha value is -0.800. The van der Waals surface area contributed by atoms with E-state index in [1.54, 1.807) is 6.07 Å². The van der Waals surface area contributed by atoms with Crippen molar-refractivity contribution < 1.29 is 9.53 Å². The molecule has 1 aromatic rings. The fraction of sp³-hybridized carbons (Fsp3) is 0.111. The summed E-state index contributed by atoms with van der Waals surface area (Å²) in [5.74, 6) is 0.536. The van der Waals surface area contributed by atoms with Gasteiger partial charge in [0.15, 0.2) is 0 Å². The molecule has 0 aliphatic heterocycles. The third kappa shape index (κ3) is 2.16. The highest BCUT2D eigenvalue weighted by Crippen LogP contribution is 2.25. The number of ether oxygens (including phenoxy) is 1. The molecule has 1 aromatic carbocycles. The van der Waals surface area contributed by atoms with Crippen molar-refractivity contribution in [2.45, 2.75) is 0 Å². The van der Waals surface area contributed by atoms with Crippen LogP contribution in [0.4, 0.5) is 0 Å². The molecule has 3 nitrogen and oxygen atoms in total. The highest BCUT2D eigenvalue weighted by Gasteiger charge is 2.13. The van der Waals surface area contributed by atoms with E-state index in [-0.39, 0.29) is 11.1 Å². The fourth-order valence-electron chi connectivity index (χ4n) is 0.965. The van der Waals surface area contributed by atoms with Gasteiger partial charge in [0.2, 0.25) is 0 Å². The van der Waals surface area contributed by atoms with Crippen LogP contribution in [0.15, 0.2) is 12.1 Å². The zero-order chi connectivity index (χ0) is 10.7. The molecule has 0 aromatic heterocycles. The molecule has 1 rings (SSSR count).